The van der Waals surface area contributed by atoms with Crippen LogP contribution in [0.1, 0.15) is 12.5 Å². The van der Waals surface area contributed by atoms with E-state index in [4.69, 9.17) is 5.73 Å². The lowest BCUT2D eigenvalue weighted by atomic mass is 10.00. The van der Waals surface area contributed by atoms with Crippen molar-refractivity contribution in [1.29, 1.82) is 0 Å². The fourth-order valence-electron chi connectivity index (χ4n) is 1.95. The first-order valence-corrected chi connectivity index (χ1v) is 5.74. The van der Waals surface area contributed by atoms with Crippen molar-refractivity contribution in [1.82, 2.24) is 0 Å². The Labute approximate surface area is 106 Å². The molecule has 0 aliphatic heterocycles. The lowest BCUT2D eigenvalue weighted by molar-refractivity contribution is -0.116. The summed E-state index contributed by atoms with van der Waals surface area (Å²) in [7, 11) is 0. The van der Waals surface area contributed by atoms with E-state index in [1.807, 2.05) is 24.3 Å². The van der Waals surface area contributed by atoms with Gasteiger partial charge in [-0.1, -0.05) is 30.3 Å². The predicted octanol–water partition coefficient (Wildman–Crippen LogP) is 2.77. The highest BCUT2D eigenvalue weighted by atomic mass is 16.3. The second kappa shape index (κ2) is 4.92. The number of phenolic OH excluding ortho intramolecular Hbond substituents is 1. The summed E-state index contributed by atoms with van der Waals surface area (Å²) in [6.07, 6.45) is 0.427. The van der Waals surface area contributed by atoms with Gasteiger partial charge in [0.15, 0.2) is 0 Å². The van der Waals surface area contributed by atoms with E-state index in [1.54, 1.807) is 25.1 Å². The molecule has 0 bridgehead atoms. The number of phenols is 1. The van der Waals surface area contributed by atoms with Crippen molar-refractivity contribution in [3.8, 4) is 16.9 Å². The monoisotopic (exact) mass is 241 g/mol. The molecule has 3 N–H and O–H groups in total. The van der Waals surface area contributed by atoms with Crippen LogP contribution in [0.15, 0.2) is 42.5 Å². The number of nitrogens with two attached hydrogens (primary N) is 1. The Morgan fingerprint density at radius 3 is 2.39 bits per heavy atom. The second-order valence-corrected chi connectivity index (χ2v) is 4.32. The highest BCUT2D eigenvalue weighted by Crippen LogP contribution is 2.34. The van der Waals surface area contributed by atoms with Crippen molar-refractivity contribution < 1.29 is 9.90 Å². The zero-order valence-electron chi connectivity index (χ0n) is 10.2. The second-order valence-electron chi connectivity index (χ2n) is 4.32. The summed E-state index contributed by atoms with van der Waals surface area (Å²) in [5, 5.41) is 9.83. The zero-order valence-corrected chi connectivity index (χ0v) is 10.2. The molecular weight excluding hydrogens is 226 g/mol. The minimum absolute atomic E-state index is 0.129. The van der Waals surface area contributed by atoms with Crippen LogP contribution in [0.3, 0.4) is 0 Å². The standard InChI is InChI=1S/C15H15NO2/c1-10(17)9-11-5-7-12(8-6-11)15-13(16)3-2-4-14(15)18/h2-8,18H,9,16H2,1H3. The molecule has 3 heteroatoms. The van der Waals surface area contributed by atoms with Gasteiger partial charge in [-0.3, -0.25) is 4.79 Å². The maximum atomic E-state index is 11.0. The minimum atomic E-state index is 0.129. The molecule has 0 atom stereocenters. The van der Waals surface area contributed by atoms with E-state index in [0.29, 0.717) is 17.7 Å². The summed E-state index contributed by atoms with van der Waals surface area (Å²) in [4.78, 5) is 11.0. The van der Waals surface area contributed by atoms with Gasteiger partial charge in [-0.2, -0.15) is 0 Å². The van der Waals surface area contributed by atoms with Crippen molar-refractivity contribution in [2.75, 3.05) is 5.73 Å². The molecule has 18 heavy (non-hydrogen) atoms. The summed E-state index contributed by atoms with van der Waals surface area (Å²) >= 11 is 0. The first kappa shape index (κ1) is 12.2. The molecule has 0 spiro atoms. The minimum Gasteiger partial charge on any atom is -0.507 e. The maximum absolute atomic E-state index is 11.0. The number of carbonyl (C=O) groups is 1. The van der Waals surface area contributed by atoms with Crippen LogP contribution < -0.4 is 5.73 Å². The quantitative estimate of drug-likeness (QED) is 0.812. The molecule has 3 nitrogen and oxygen atoms in total. The Morgan fingerprint density at radius 2 is 1.83 bits per heavy atom. The topological polar surface area (TPSA) is 63.3 Å². The molecule has 92 valence electrons. The molecule has 2 rings (SSSR count). The number of carbonyl (C=O) groups excluding carboxylic acids is 1. The van der Waals surface area contributed by atoms with E-state index in [0.717, 1.165) is 11.1 Å². The molecule has 2 aromatic rings. The molecule has 0 aliphatic carbocycles. The first-order valence-electron chi connectivity index (χ1n) is 5.74. The molecule has 0 unspecified atom stereocenters. The van der Waals surface area contributed by atoms with Crippen LogP contribution in [-0.4, -0.2) is 10.9 Å². The van der Waals surface area contributed by atoms with Gasteiger partial charge < -0.3 is 10.8 Å². The SMILES string of the molecule is CC(=O)Cc1ccc(-c2c(N)cccc2O)cc1. The lowest BCUT2D eigenvalue weighted by Crippen LogP contribution is -1.96. The molecule has 0 heterocycles. The van der Waals surface area contributed by atoms with Gasteiger partial charge >= 0.3 is 0 Å². The molecule has 2 aromatic carbocycles. The first-order chi connectivity index (χ1) is 8.58. The molecule has 0 aliphatic rings. The van der Waals surface area contributed by atoms with Crippen molar-refractivity contribution >= 4 is 11.5 Å². The number of ketones is 1. The molecular formula is C15H15NO2. The number of rotatable bonds is 3. The summed E-state index contributed by atoms with van der Waals surface area (Å²) in [6.45, 7) is 1.56. The van der Waals surface area contributed by atoms with E-state index in [9.17, 15) is 9.90 Å². The average molecular weight is 241 g/mol. The van der Waals surface area contributed by atoms with E-state index < -0.39 is 0 Å². The van der Waals surface area contributed by atoms with E-state index >= 15 is 0 Å². The summed E-state index contributed by atoms with van der Waals surface area (Å²) < 4.78 is 0. The Morgan fingerprint density at radius 1 is 1.17 bits per heavy atom. The van der Waals surface area contributed by atoms with Crippen molar-refractivity contribution in [2.45, 2.75) is 13.3 Å². The van der Waals surface area contributed by atoms with E-state index in [-0.39, 0.29) is 11.5 Å². The smallest absolute Gasteiger partial charge is 0.134 e. The van der Waals surface area contributed by atoms with Gasteiger partial charge in [0, 0.05) is 17.7 Å². The summed E-state index contributed by atoms with van der Waals surface area (Å²) in [5.41, 5.74) is 8.83. The number of hydrogen-bond donors (Lipinski definition) is 2. The molecule has 0 aromatic heterocycles. The largest absolute Gasteiger partial charge is 0.507 e. The Balaban J connectivity index is 2.37. The van der Waals surface area contributed by atoms with Crippen LogP contribution in [0.5, 0.6) is 5.75 Å². The fraction of sp³-hybridized carbons (Fsp3) is 0.133. The Hall–Kier alpha value is -2.29. The van der Waals surface area contributed by atoms with E-state index in [1.165, 1.54) is 0 Å². The number of aromatic hydroxyl groups is 1. The van der Waals surface area contributed by atoms with Gasteiger partial charge in [-0.15, -0.1) is 0 Å². The van der Waals surface area contributed by atoms with Crippen molar-refractivity contribution in [3.63, 3.8) is 0 Å². The fourth-order valence-corrected chi connectivity index (χ4v) is 1.95. The van der Waals surface area contributed by atoms with Gasteiger partial charge in [0.25, 0.3) is 0 Å². The van der Waals surface area contributed by atoms with Gasteiger partial charge in [0.1, 0.15) is 11.5 Å². The number of hydrogen-bond acceptors (Lipinski definition) is 3. The number of benzene rings is 2. The Kier molecular flexibility index (Phi) is 3.33. The van der Waals surface area contributed by atoms with Crippen LogP contribution in [0, 0.1) is 0 Å². The molecule has 0 radical (unpaired) electrons. The predicted molar refractivity (Wildman–Crippen MR) is 72.3 cm³/mol. The summed E-state index contributed by atoms with van der Waals surface area (Å²) in [5.74, 6) is 0.291. The normalized spacial score (nSPS) is 10.3. The van der Waals surface area contributed by atoms with Crippen molar-refractivity contribution in [3.05, 3.63) is 48.0 Å². The number of anilines is 1. The number of nitrogen functional groups attached to an aromatic ring is 1. The molecule has 0 amide bonds. The van der Waals surface area contributed by atoms with Crippen LogP contribution >= 0.6 is 0 Å². The highest BCUT2D eigenvalue weighted by molar-refractivity contribution is 5.82. The molecule has 0 fully saturated rings. The lowest BCUT2D eigenvalue weighted by Gasteiger charge is -2.08. The number of Topliss-reactive ketones (excluding diaryl/α,β-unsaturated/α-hetero) is 1. The van der Waals surface area contributed by atoms with Gasteiger partial charge in [-0.05, 0) is 30.2 Å². The van der Waals surface area contributed by atoms with Crippen LogP contribution in [-0.2, 0) is 11.2 Å². The molecule has 0 saturated carbocycles. The third-order valence-electron chi connectivity index (χ3n) is 2.77. The molecule has 0 saturated heterocycles. The van der Waals surface area contributed by atoms with Gasteiger partial charge in [0.05, 0.1) is 0 Å². The van der Waals surface area contributed by atoms with Crippen LogP contribution in [0.2, 0.25) is 0 Å². The Bertz CT molecular complexity index is 553. The third-order valence-corrected chi connectivity index (χ3v) is 2.77. The van der Waals surface area contributed by atoms with Gasteiger partial charge in [-0.25, -0.2) is 0 Å². The zero-order chi connectivity index (χ0) is 13.1. The highest BCUT2D eigenvalue weighted by Gasteiger charge is 2.08. The third kappa shape index (κ3) is 2.51. The van der Waals surface area contributed by atoms with Crippen LogP contribution in [0.25, 0.3) is 11.1 Å². The average Bonchev–Trinajstić information content (AvgIpc) is 2.30. The maximum Gasteiger partial charge on any atom is 0.134 e. The van der Waals surface area contributed by atoms with Gasteiger partial charge in [0.2, 0.25) is 0 Å². The summed E-state index contributed by atoms with van der Waals surface area (Å²) in [6, 6.07) is 12.5. The van der Waals surface area contributed by atoms with Crippen LogP contribution in [0.4, 0.5) is 5.69 Å². The van der Waals surface area contributed by atoms with E-state index in [2.05, 4.69) is 0 Å². The van der Waals surface area contributed by atoms with Crippen molar-refractivity contribution in [2.24, 2.45) is 0 Å².